The SMILES string of the molecule is Cc1cc(C)n(CCCn2c(C)nc3cc(N)ccc32)n1. The highest BCUT2D eigenvalue weighted by atomic mass is 15.3. The number of hydrogen-bond acceptors (Lipinski definition) is 3. The van der Waals surface area contributed by atoms with E-state index in [0.29, 0.717) is 0 Å². The van der Waals surface area contributed by atoms with E-state index in [1.54, 1.807) is 0 Å². The first kappa shape index (κ1) is 13.7. The van der Waals surface area contributed by atoms with Crippen molar-refractivity contribution in [1.82, 2.24) is 19.3 Å². The first-order valence-corrected chi connectivity index (χ1v) is 7.28. The van der Waals surface area contributed by atoms with E-state index in [4.69, 9.17) is 5.73 Å². The zero-order valence-electron chi connectivity index (χ0n) is 12.8. The second kappa shape index (κ2) is 5.24. The summed E-state index contributed by atoms with van der Waals surface area (Å²) in [5.74, 6) is 1.03. The molecule has 0 radical (unpaired) electrons. The monoisotopic (exact) mass is 283 g/mol. The zero-order valence-corrected chi connectivity index (χ0v) is 12.8. The van der Waals surface area contributed by atoms with Gasteiger partial charge in [0.2, 0.25) is 0 Å². The van der Waals surface area contributed by atoms with Crippen molar-refractivity contribution in [2.75, 3.05) is 5.73 Å². The molecule has 0 aliphatic rings. The Morgan fingerprint density at radius 1 is 1.10 bits per heavy atom. The molecule has 2 aromatic heterocycles. The van der Waals surface area contributed by atoms with Gasteiger partial charge in [0.15, 0.2) is 0 Å². The molecule has 5 nitrogen and oxygen atoms in total. The highest BCUT2D eigenvalue weighted by Crippen LogP contribution is 2.19. The quantitative estimate of drug-likeness (QED) is 0.749. The first-order valence-electron chi connectivity index (χ1n) is 7.28. The van der Waals surface area contributed by atoms with Crippen LogP contribution >= 0.6 is 0 Å². The third-order valence-electron chi connectivity index (χ3n) is 3.82. The van der Waals surface area contributed by atoms with Crippen LogP contribution in [-0.4, -0.2) is 19.3 Å². The Balaban J connectivity index is 1.76. The maximum atomic E-state index is 5.82. The smallest absolute Gasteiger partial charge is 0.106 e. The summed E-state index contributed by atoms with van der Waals surface area (Å²) in [6.07, 6.45) is 1.03. The lowest BCUT2D eigenvalue weighted by Crippen LogP contribution is -2.07. The third-order valence-corrected chi connectivity index (χ3v) is 3.82. The van der Waals surface area contributed by atoms with E-state index in [1.807, 2.05) is 32.0 Å². The lowest BCUT2D eigenvalue weighted by Gasteiger charge is -2.08. The number of nitrogen functional groups attached to an aromatic ring is 1. The minimum absolute atomic E-state index is 0.759. The van der Waals surface area contributed by atoms with Gasteiger partial charge in [0.1, 0.15) is 5.82 Å². The summed E-state index contributed by atoms with van der Waals surface area (Å²) in [5, 5.41) is 4.50. The van der Waals surface area contributed by atoms with E-state index in [0.717, 1.165) is 47.7 Å². The molecule has 0 aliphatic carbocycles. The van der Waals surface area contributed by atoms with Crippen LogP contribution in [0.25, 0.3) is 11.0 Å². The maximum absolute atomic E-state index is 5.82. The predicted octanol–water partition coefficient (Wildman–Crippen LogP) is 2.83. The van der Waals surface area contributed by atoms with Crippen LogP contribution in [-0.2, 0) is 13.1 Å². The van der Waals surface area contributed by atoms with E-state index in [1.165, 1.54) is 5.69 Å². The number of anilines is 1. The van der Waals surface area contributed by atoms with Crippen LogP contribution < -0.4 is 5.73 Å². The lowest BCUT2D eigenvalue weighted by molar-refractivity contribution is 0.517. The van der Waals surface area contributed by atoms with Crippen molar-refractivity contribution < 1.29 is 0 Å². The summed E-state index contributed by atoms with van der Waals surface area (Å²) < 4.78 is 4.32. The van der Waals surface area contributed by atoms with Gasteiger partial charge in [-0.2, -0.15) is 5.10 Å². The highest BCUT2D eigenvalue weighted by Gasteiger charge is 2.08. The minimum atomic E-state index is 0.759. The van der Waals surface area contributed by atoms with Crippen LogP contribution in [0, 0.1) is 20.8 Å². The molecule has 0 spiro atoms. The van der Waals surface area contributed by atoms with E-state index in [2.05, 4.69) is 32.3 Å². The first-order chi connectivity index (χ1) is 10.0. The van der Waals surface area contributed by atoms with Gasteiger partial charge < -0.3 is 10.3 Å². The number of nitrogens with zero attached hydrogens (tertiary/aromatic N) is 4. The summed E-state index contributed by atoms with van der Waals surface area (Å²) in [4.78, 5) is 4.58. The van der Waals surface area contributed by atoms with E-state index in [-0.39, 0.29) is 0 Å². The van der Waals surface area contributed by atoms with Crippen LogP contribution in [0.5, 0.6) is 0 Å². The van der Waals surface area contributed by atoms with Gasteiger partial charge in [-0.25, -0.2) is 4.98 Å². The molecule has 21 heavy (non-hydrogen) atoms. The number of hydrogen-bond donors (Lipinski definition) is 1. The molecule has 0 bridgehead atoms. The van der Waals surface area contributed by atoms with E-state index < -0.39 is 0 Å². The Kier molecular flexibility index (Phi) is 3.41. The van der Waals surface area contributed by atoms with Gasteiger partial charge in [-0.1, -0.05) is 0 Å². The summed E-state index contributed by atoms with van der Waals surface area (Å²) >= 11 is 0. The summed E-state index contributed by atoms with van der Waals surface area (Å²) in [6, 6.07) is 8.02. The standard InChI is InChI=1S/C16H21N5/c1-11-9-12(2)21(19-11)8-4-7-20-13(3)18-15-10-14(17)5-6-16(15)20/h5-6,9-10H,4,7-8,17H2,1-3H3. The Bertz CT molecular complexity index is 781. The average molecular weight is 283 g/mol. The Morgan fingerprint density at radius 2 is 1.90 bits per heavy atom. The van der Waals surface area contributed by atoms with Crippen LogP contribution in [0.1, 0.15) is 23.6 Å². The molecule has 0 fully saturated rings. The van der Waals surface area contributed by atoms with Crippen LogP contribution in [0.2, 0.25) is 0 Å². The van der Waals surface area contributed by atoms with Crippen molar-refractivity contribution in [2.24, 2.45) is 0 Å². The van der Waals surface area contributed by atoms with Gasteiger partial charge in [0.25, 0.3) is 0 Å². The second-order valence-corrected chi connectivity index (χ2v) is 5.56. The fraction of sp³-hybridized carbons (Fsp3) is 0.375. The maximum Gasteiger partial charge on any atom is 0.106 e. The number of rotatable bonds is 4. The van der Waals surface area contributed by atoms with Gasteiger partial charge in [0.05, 0.1) is 16.7 Å². The van der Waals surface area contributed by atoms with Gasteiger partial charge in [-0.3, -0.25) is 4.68 Å². The van der Waals surface area contributed by atoms with Crippen LogP contribution in [0.3, 0.4) is 0 Å². The Hall–Kier alpha value is -2.30. The molecule has 0 amide bonds. The number of fused-ring (bicyclic) bond motifs is 1. The van der Waals surface area contributed by atoms with Gasteiger partial charge in [-0.05, 0) is 51.5 Å². The number of aryl methyl sites for hydroxylation is 5. The summed E-state index contributed by atoms with van der Waals surface area (Å²) in [5.41, 5.74) is 11.0. The molecule has 0 saturated heterocycles. The normalized spacial score (nSPS) is 11.4. The number of nitrogens with two attached hydrogens (primary N) is 1. The van der Waals surface area contributed by atoms with Crippen molar-refractivity contribution in [3.8, 4) is 0 Å². The summed E-state index contributed by atoms with van der Waals surface area (Å²) in [7, 11) is 0. The van der Waals surface area contributed by atoms with E-state index in [9.17, 15) is 0 Å². The number of imidazole rings is 1. The van der Waals surface area contributed by atoms with Crippen molar-refractivity contribution >= 4 is 16.7 Å². The van der Waals surface area contributed by atoms with Crippen molar-refractivity contribution in [3.05, 3.63) is 41.5 Å². The molecule has 3 rings (SSSR count). The predicted molar refractivity (Wildman–Crippen MR) is 85.2 cm³/mol. The van der Waals surface area contributed by atoms with Crippen LogP contribution in [0.15, 0.2) is 24.3 Å². The third kappa shape index (κ3) is 2.63. The lowest BCUT2D eigenvalue weighted by atomic mass is 10.3. The molecule has 0 saturated carbocycles. The van der Waals surface area contributed by atoms with E-state index >= 15 is 0 Å². The highest BCUT2D eigenvalue weighted by molar-refractivity contribution is 5.79. The molecule has 0 atom stereocenters. The number of benzene rings is 1. The van der Waals surface area contributed by atoms with Crippen molar-refractivity contribution in [2.45, 2.75) is 40.3 Å². The fourth-order valence-electron chi connectivity index (χ4n) is 2.83. The Labute approximate surface area is 124 Å². The number of aromatic nitrogens is 4. The molecule has 0 unspecified atom stereocenters. The van der Waals surface area contributed by atoms with Crippen LogP contribution in [0.4, 0.5) is 5.69 Å². The largest absolute Gasteiger partial charge is 0.399 e. The molecule has 110 valence electrons. The zero-order chi connectivity index (χ0) is 15.0. The van der Waals surface area contributed by atoms with Crippen molar-refractivity contribution in [3.63, 3.8) is 0 Å². The molecule has 2 N–H and O–H groups in total. The van der Waals surface area contributed by atoms with Gasteiger partial charge in [-0.15, -0.1) is 0 Å². The molecular weight excluding hydrogens is 262 g/mol. The summed E-state index contributed by atoms with van der Waals surface area (Å²) in [6.45, 7) is 8.03. The average Bonchev–Trinajstić information content (AvgIpc) is 2.89. The minimum Gasteiger partial charge on any atom is -0.399 e. The molecular formula is C16H21N5. The topological polar surface area (TPSA) is 61.7 Å². The molecule has 1 aromatic carbocycles. The molecule has 2 heterocycles. The fourth-order valence-corrected chi connectivity index (χ4v) is 2.83. The molecule has 5 heteroatoms. The van der Waals surface area contributed by atoms with Gasteiger partial charge in [0, 0.05) is 24.5 Å². The molecule has 3 aromatic rings. The van der Waals surface area contributed by atoms with Gasteiger partial charge >= 0.3 is 0 Å². The van der Waals surface area contributed by atoms with Crippen molar-refractivity contribution in [1.29, 1.82) is 0 Å². The second-order valence-electron chi connectivity index (χ2n) is 5.56. The molecule has 0 aliphatic heterocycles. The Morgan fingerprint density at radius 3 is 2.62 bits per heavy atom.